The van der Waals surface area contributed by atoms with Crippen LogP contribution in [0.3, 0.4) is 0 Å². The molecule has 1 aliphatic heterocycles. The second-order valence-corrected chi connectivity index (χ2v) is 6.81. The molecule has 0 radical (unpaired) electrons. The number of nitrogens with zero attached hydrogens (tertiary/aromatic N) is 1. The number of nitrogens with one attached hydrogen (secondary N) is 1. The number of hydrogen-bond donors (Lipinski definition) is 1. The average molecular weight is 259 g/mol. The van der Waals surface area contributed by atoms with Crippen molar-refractivity contribution < 1.29 is 0 Å². The van der Waals surface area contributed by atoms with Gasteiger partial charge in [-0.3, -0.25) is 4.90 Å². The fraction of sp³-hybridized carbons (Fsp3) is 0.667. The molecule has 1 saturated heterocycles. The molecule has 0 spiro atoms. The molecule has 1 aromatic rings. The van der Waals surface area contributed by atoms with Gasteiger partial charge < -0.3 is 5.32 Å². The lowest BCUT2D eigenvalue weighted by Crippen LogP contribution is -2.32. The van der Waals surface area contributed by atoms with Gasteiger partial charge in [0, 0.05) is 24.5 Å². The highest BCUT2D eigenvalue weighted by Gasteiger charge is 2.32. The van der Waals surface area contributed by atoms with Gasteiger partial charge in [0.25, 0.3) is 0 Å². The fourth-order valence-corrected chi connectivity index (χ4v) is 3.62. The van der Waals surface area contributed by atoms with E-state index < -0.39 is 0 Å². The van der Waals surface area contributed by atoms with E-state index in [-0.39, 0.29) is 0 Å². The predicted molar refractivity (Wildman–Crippen MR) is 71.3 cm³/mol. The van der Waals surface area contributed by atoms with Gasteiger partial charge >= 0.3 is 0 Å². The number of hydrogen-bond acceptors (Lipinski definition) is 3. The first kappa shape index (κ1) is 12.4. The zero-order chi connectivity index (χ0) is 11.6. The van der Waals surface area contributed by atoms with Gasteiger partial charge in [-0.2, -0.15) is 0 Å². The van der Waals surface area contributed by atoms with Crippen LogP contribution in [0.15, 0.2) is 12.1 Å². The van der Waals surface area contributed by atoms with Gasteiger partial charge in [-0.05, 0) is 37.6 Å². The molecular formula is C12H19ClN2S. The molecule has 1 aromatic heterocycles. The Morgan fingerprint density at radius 1 is 1.56 bits per heavy atom. The van der Waals surface area contributed by atoms with E-state index in [1.807, 2.05) is 13.1 Å². The van der Waals surface area contributed by atoms with Gasteiger partial charge in [0.2, 0.25) is 0 Å². The van der Waals surface area contributed by atoms with Gasteiger partial charge in [0.05, 0.1) is 4.34 Å². The van der Waals surface area contributed by atoms with Crippen LogP contribution < -0.4 is 5.32 Å². The number of halogens is 1. The fourth-order valence-electron chi connectivity index (χ4n) is 2.49. The van der Waals surface area contributed by atoms with E-state index in [0.717, 1.165) is 17.4 Å². The van der Waals surface area contributed by atoms with Crippen molar-refractivity contribution in [3.05, 3.63) is 21.3 Å². The third-order valence-electron chi connectivity index (χ3n) is 3.25. The van der Waals surface area contributed by atoms with Gasteiger partial charge in [-0.15, -0.1) is 11.3 Å². The Bertz CT molecular complexity index is 353. The number of likely N-dealkylation sites (tertiary alicyclic amines) is 1. The van der Waals surface area contributed by atoms with Crippen molar-refractivity contribution in [2.45, 2.75) is 19.9 Å². The largest absolute Gasteiger partial charge is 0.319 e. The lowest BCUT2D eigenvalue weighted by Gasteiger charge is -2.24. The van der Waals surface area contributed by atoms with Crippen molar-refractivity contribution in [3.63, 3.8) is 0 Å². The van der Waals surface area contributed by atoms with Crippen molar-refractivity contribution in [3.8, 4) is 0 Å². The summed E-state index contributed by atoms with van der Waals surface area (Å²) in [6.45, 7) is 6.91. The van der Waals surface area contributed by atoms with Crippen molar-refractivity contribution in [2.75, 3.05) is 26.7 Å². The van der Waals surface area contributed by atoms with Crippen LogP contribution in [0, 0.1) is 5.41 Å². The third kappa shape index (κ3) is 2.98. The summed E-state index contributed by atoms with van der Waals surface area (Å²) in [6.07, 6.45) is 1.28. The SMILES string of the molecule is CNCC1(C)CCN(Cc2ccc(Cl)s2)C1. The summed E-state index contributed by atoms with van der Waals surface area (Å²) in [5.74, 6) is 0. The maximum Gasteiger partial charge on any atom is 0.0931 e. The summed E-state index contributed by atoms with van der Waals surface area (Å²) in [6, 6.07) is 4.13. The van der Waals surface area contributed by atoms with E-state index in [0.29, 0.717) is 5.41 Å². The molecule has 2 rings (SSSR count). The van der Waals surface area contributed by atoms with Crippen molar-refractivity contribution in [2.24, 2.45) is 5.41 Å². The molecule has 0 amide bonds. The molecule has 0 bridgehead atoms. The second-order valence-electron chi connectivity index (χ2n) is 5.01. The molecule has 1 aliphatic rings. The second kappa shape index (κ2) is 5.05. The highest BCUT2D eigenvalue weighted by atomic mass is 35.5. The number of rotatable bonds is 4. The maximum absolute atomic E-state index is 5.94. The summed E-state index contributed by atoms with van der Waals surface area (Å²) >= 11 is 7.64. The van der Waals surface area contributed by atoms with Crippen LogP contribution in [-0.4, -0.2) is 31.6 Å². The summed E-state index contributed by atoms with van der Waals surface area (Å²) in [4.78, 5) is 3.90. The third-order valence-corrected chi connectivity index (χ3v) is 4.46. The van der Waals surface area contributed by atoms with E-state index in [2.05, 4.69) is 23.2 Å². The molecule has 16 heavy (non-hydrogen) atoms. The molecule has 90 valence electrons. The molecule has 0 aliphatic carbocycles. The Morgan fingerprint density at radius 3 is 3.00 bits per heavy atom. The zero-order valence-electron chi connectivity index (χ0n) is 9.92. The minimum absolute atomic E-state index is 0.440. The highest BCUT2D eigenvalue weighted by molar-refractivity contribution is 7.16. The van der Waals surface area contributed by atoms with E-state index in [1.54, 1.807) is 11.3 Å². The molecule has 1 unspecified atom stereocenters. The van der Waals surface area contributed by atoms with Gasteiger partial charge in [-0.25, -0.2) is 0 Å². The first-order chi connectivity index (χ1) is 7.61. The molecule has 1 fully saturated rings. The summed E-state index contributed by atoms with van der Waals surface area (Å²) in [5.41, 5.74) is 0.440. The molecule has 1 N–H and O–H groups in total. The molecule has 2 nitrogen and oxygen atoms in total. The predicted octanol–water partition coefficient (Wildman–Crippen LogP) is 2.83. The Balaban J connectivity index is 1.89. The minimum Gasteiger partial charge on any atom is -0.319 e. The van der Waals surface area contributed by atoms with Crippen LogP contribution in [0.25, 0.3) is 0 Å². The van der Waals surface area contributed by atoms with Gasteiger partial charge in [0.15, 0.2) is 0 Å². The molecule has 4 heteroatoms. The zero-order valence-corrected chi connectivity index (χ0v) is 11.5. The van der Waals surface area contributed by atoms with Gasteiger partial charge in [0.1, 0.15) is 0 Å². The normalized spacial score (nSPS) is 26.4. The van der Waals surface area contributed by atoms with E-state index in [4.69, 9.17) is 11.6 Å². The van der Waals surface area contributed by atoms with Crippen LogP contribution in [0.2, 0.25) is 4.34 Å². The quantitative estimate of drug-likeness (QED) is 0.894. The topological polar surface area (TPSA) is 15.3 Å². The molecule has 1 atom stereocenters. The smallest absolute Gasteiger partial charge is 0.0931 e. The first-order valence-corrected chi connectivity index (χ1v) is 6.92. The van der Waals surface area contributed by atoms with Crippen LogP contribution >= 0.6 is 22.9 Å². The molecule has 0 aromatic carbocycles. The molecule has 0 saturated carbocycles. The summed E-state index contributed by atoms with van der Waals surface area (Å²) in [5, 5.41) is 3.29. The highest BCUT2D eigenvalue weighted by Crippen LogP contribution is 2.31. The van der Waals surface area contributed by atoms with Gasteiger partial charge in [-0.1, -0.05) is 18.5 Å². The van der Waals surface area contributed by atoms with E-state index in [9.17, 15) is 0 Å². The summed E-state index contributed by atoms with van der Waals surface area (Å²) < 4.78 is 0.896. The monoisotopic (exact) mass is 258 g/mol. The summed E-state index contributed by atoms with van der Waals surface area (Å²) in [7, 11) is 2.03. The van der Waals surface area contributed by atoms with Crippen molar-refractivity contribution >= 4 is 22.9 Å². The van der Waals surface area contributed by atoms with Crippen LogP contribution in [-0.2, 0) is 6.54 Å². The Labute approximate surface area is 107 Å². The lowest BCUT2D eigenvalue weighted by atomic mass is 9.90. The van der Waals surface area contributed by atoms with Crippen molar-refractivity contribution in [1.82, 2.24) is 10.2 Å². The Morgan fingerprint density at radius 2 is 2.38 bits per heavy atom. The Kier molecular flexibility index (Phi) is 3.90. The molecule has 2 heterocycles. The van der Waals surface area contributed by atoms with Crippen molar-refractivity contribution in [1.29, 1.82) is 0 Å². The maximum atomic E-state index is 5.94. The Hall–Kier alpha value is -0.0900. The standard InChI is InChI=1S/C12H19ClN2S/c1-12(8-14-2)5-6-15(9-12)7-10-3-4-11(13)16-10/h3-4,14H,5-9H2,1-2H3. The van der Waals surface area contributed by atoms with Crippen LogP contribution in [0.1, 0.15) is 18.2 Å². The van der Waals surface area contributed by atoms with Crippen LogP contribution in [0.4, 0.5) is 0 Å². The average Bonchev–Trinajstić information content (AvgIpc) is 2.75. The van der Waals surface area contributed by atoms with E-state index in [1.165, 1.54) is 24.4 Å². The number of thiophene rings is 1. The van der Waals surface area contributed by atoms with Crippen LogP contribution in [0.5, 0.6) is 0 Å². The minimum atomic E-state index is 0.440. The van der Waals surface area contributed by atoms with E-state index >= 15 is 0 Å². The molecular weight excluding hydrogens is 240 g/mol. The lowest BCUT2D eigenvalue weighted by molar-refractivity contribution is 0.267. The first-order valence-electron chi connectivity index (χ1n) is 5.72.